The highest BCUT2D eigenvalue weighted by Crippen LogP contribution is 2.41. The monoisotopic (exact) mass is 339 g/mol. The molecular weight excluding hydrogens is 314 g/mol. The lowest BCUT2D eigenvalue weighted by Crippen LogP contribution is -2.31. The maximum absolute atomic E-state index is 10.5. The molecule has 1 saturated carbocycles. The Morgan fingerprint density at radius 3 is 2.45 bits per heavy atom. The molecule has 0 saturated heterocycles. The van der Waals surface area contributed by atoms with Crippen molar-refractivity contribution in [3.63, 3.8) is 0 Å². The zero-order valence-electron chi connectivity index (χ0n) is 12.8. The first-order chi connectivity index (χ1) is 9.36. The van der Waals surface area contributed by atoms with Gasteiger partial charge in [-0.05, 0) is 70.5 Å². The molecule has 0 bridgehead atoms. The summed E-state index contributed by atoms with van der Waals surface area (Å²) in [5.41, 5.74) is 1.52. The van der Waals surface area contributed by atoms with Gasteiger partial charge in [0.05, 0.1) is 6.10 Å². The molecule has 0 radical (unpaired) electrons. The van der Waals surface area contributed by atoms with Gasteiger partial charge in [-0.3, -0.25) is 4.98 Å². The molecule has 0 aliphatic heterocycles. The van der Waals surface area contributed by atoms with Crippen LogP contribution in [-0.4, -0.2) is 16.2 Å². The summed E-state index contributed by atoms with van der Waals surface area (Å²) in [6.45, 7) is 7.00. The largest absolute Gasteiger partial charge is 0.392 e. The Hall–Kier alpha value is -0.410. The summed E-state index contributed by atoms with van der Waals surface area (Å²) < 4.78 is 0.985. The lowest BCUT2D eigenvalue weighted by atomic mass is 9.68. The first-order valence-corrected chi connectivity index (χ1v) is 8.43. The number of rotatable bonds is 3. The van der Waals surface area contributed by atoms with Gasteiger partial charge in [0, 0.05) is 23.3 Å². The van der Waals surface area contributed by atoms with Gasteiger partial charge >= 0.3 is 0 Å². The van der Waals surface area contributed by atoms with Crippen LogP contribution in [0, 0.1) is 17.3 Å². The van der Waals surface area contributed by atoms with Crippen molar-refractivity contribution in [3.8, 4) is 0 Å². The molecule has 1 aliphatic carbocycles. The summed E-state index contributed by atoms with van der Waals surface area (Å²) in [5, 5.41) is 10.5. The van der Waals surface area contributed by atoms with Gasteiger partial charge in [-0.1, -0.05) is 20.8 Å². The lowest BCUT2D eigenvalue weighted by molar-refractivity contribution is 0.0536. The molecule has 1 unspecified atom stereocenters. The first kappa shape index (κ1) is 16.0. The van der Waals surface area contributed by atoms with Crippen molar-refractivity contribution in [2.75, 3.05) is 0 Å². The van der Waals surface area contributed by atoms with Gasteiger partial charge in [0.25, 0.3) is 0 Å². The molecule has 20 heavy (non-hydrogen) atoms. The molecule has 3 heteroatoms. The predicted octanol–water partition coefficient (Wildman–Crippen LogP) is 4.60. The van der Waals surface area contributed by atoms with E-state index in [9.17, 15) is 5.11 Å². The topological polar surface area (TPSA) is 33.1 Å². The molecule has 1 aromatic heterocycles. The van der Waals surface area contributed by atoms with E-state index in [4.69, 9.17) is 0 Å². The van der Waals surface area contributed by atoms with Gasteiger partial charge in [-0.2, -0.15) is 0 Å². The summed E-state index contributed by atoms with van der Waals surface area (Å²) in [6.07, 6.45) is 8.95. The van der Waals surface area contributed by atoms with E-state index in [1.165, 1.54) is 12.8 Å². The summed E-state index contributed by atoms with van der Waals surface area (Å²) in [5.74, 6) is 1.26. The molecule has 1 aromatic rings. The van der Waals surface area contributed by atoms with E-state index in [1.807, 2.05) is 6.20 Å². The predicted molar refractivity (Wildman–Crippen MR) is 86.6 cm³/mol. The maximum Gasteiger partial charge on any atom is 0.0609 e. The van der Waals surface area contributed by atoms with Gasteiger partial charge in [-0.15, -0.1) is 0 Å². The molecule has 0 amide bonds. The van der Waals surface area contributed by atoms with Gasteiger partial charge in [-0.25, -0.2) is 0 Å². The summed E-state index contributed by atoms with van der Waals surface area (Å²) >= 11 is 3.43. The minimum absolute atomic E-state index is 0.230. The standard InChI is InChI=1S/C17H26BrNO/c1-17(2,3)14-6-4-13(5-7-14)16(20)9-12-8-15(18)11-19-10-12/h8,10-11,13-14,16,20H,4-7,9H2,1-3H3. The highest BCUT2D eigenvalue weighted by molar-refractivity contribution is 9.10. The SMILES string of the molecule is CC(C)(C)C1CCC(C(O)Cc2cncc(Br)c2)CC1. The quantitative estimate of drug-likeness (QED) is 0.872. The molecule has 1 N–H and O–H groups in total. The number of halogens is 1. The maximum atomic E-state index is 10.5. The van der Waals surface area contributed by atoms with Crippen molar-refractivity contribution in [1.82, 2.24) is 4.98 Å². The van der Waals surface area contributed by atoms with Crippen molar-refractivity contribution in [2.24, 2.45) is 17.3 Å². The van der Waals surface area contributed by atoms with Crippen molar-refractivity contribution < 1.29 is 5.11 Å². The fourth-order valence-electron chi connectivity index (χ4n) is 3.35. The molecule has 1 atom stereocenters. The van der Waals surface area contributed by atoms with E-state index in [-0.39, 0.29) is 6.10 Å². The molecule has 1 aliphatic rings. The molecule has 112 valence electrons. The van der Waals surface area contributed by atoms with Gasteiger partial charge in [0.1, 0.15) is 0 Å². The number of aliphatic hydroxyl groups excluding tert-OH is 1. The second-order valence-corrected chi connectivity index (χ2v) is 8.18. The zero-order chi connectivity index (χ0) is 14.8. The number of nitrogens with zero attached hydrogens (tertiary/aromatic N) is 1. The fourth-order valence-corrected chi connectivity index (χ4v) is 3.76. The van der Waals surface area contributed by atoms with Crippen LogP contribution in [0.5, 0.6) is 0 Å². The second-order valence-electron chi connectivity index (χ2n) is 7.26. The average Bonchev–Trinajstić information content (AvgIpc) is 2.38. The van der Waals surface area contributed by atoms with Crippen LogP contribution in [0.4, 0.5) is 0 Å². The lowest BCUT2D eigenvalue weighted by Gasteiger charge is -2.38. The van der Waals surface area contributed by atoms with E-state index >= 15 is 0 Å². The van der Waals surface area contributed by atoms with Crippen LogP contribution in [0.15, 0.2) is 22.9 Å². The Bertz CT molecular complexity index is 433. The van der Waals surface area contributed by atoms with Crippen molar-refractivity contribution in [1.29, 1.82) is 0 Å². The highest BCUT2D eigenvalue weighted by Gasteiger charge is 2.32. The number of aliphatic hydroxyl groups is 1. The van der Waals surface area contributed by atoms with Gasteiger partial charge in [0.2, 0.25) is 0 Å². The zero-order valence-corrected chi connectivity index (χ0v) is 14.4. The van der Waals surface area contributed by atoms with Gasteiger partial charge < -0.3 is 5.11 Å². The van der Waals surface area contributed by atoms with Crippen molar-refractivity contribution in [2.45, 2.75) is 59.0 Å². The minimum atomic E-state index is -0.230. The minimum Gasteiger partial charge on any atom is -0.392 e. The van der Waals surface area contributed by atoms with Crippen LogP contribution in [0.25, 0.3) is 0 Å². The van der Waals surface area contributed by atoms with E-state index < -0.39 is 0 Å². The first-order valence-electron chi connectivity index (χ1n) is 7.64. The Balaban J connectivity index is 1.87. The Kier molecular flexibility index (Phi) is 5.25. The molecule has 0 spiro atoms. The number of aromatic nitrogens is 1. The smallest absolute Gasteiger partial charge is 0.0609 e. The molecular formula is C17H26BrNO. The molecule has 2 rings (SSSR count). The Labute approximate surface area is 131 Å². The molecule has 0 aromatic carbocycles. The van der Waals surface area contributed by atoms with E-state index in [1.54, 1.807) is 6.20 Å². The second kappa shape index (κ2) is 6.57. The van der Waals surface area contributed by atoms with Crippen molar-refractivity contribution in [3.05, 3.63) is 28.5 Å². The van der Waals surface area contributed by atoms with Crippen LogP contribution in [0.1, 0.15) is 52.0 Å². The van der Waals surface area contributed by atoms with E-state index in [0.29, 0.717) is 11.3 Å². The Morgan fingerprint density at radius 1 is 1.25 bits per heavy atom. The summed E-state index contributed by atoms with van der Waals surface area (Å²) in [7, 11) is 0. The van der Waals surface area contributed by atoms with Crippen LogP contribution >= 0.6 is 15.9 Å². The van der Waals surface area contributed by atoms with Crippen LogP contribution < -0.4 is 0 Å². The number of pyridine rings is 1. The molecule has 1 heterocycles. The fraction of sp³-hybridized carbons (Fsp3) is 0.706. The third-order valence-electron chi connectivity index (χ3n) is 4.75. The summed E-state index contributed by atoms with van der Waals surface area (Å²) in [4.78, 5) is 4.17. The summed E-state index contributed by atoms with van der Waals surface area (Å²) in [6, 6.07) is 2.05. The normalized spacial score (nSPS) is 25.4. The average molecular weight is 340 g/mol. The van der Waals surface area contributed by atoms with Crippen LogP contribution in [0.3, 0.4) is 0 Å². The van der Waals surface area contributed by atoms with E-state index in [2.05, 4.69) is 47.8 Å². The molecule has 2 nitrogen and oxygen atoms in total. The van der Waals surface area contributed by atoms with Gasteiger partial charge in [0.15, 0.2) is 0 Å². The number of hydrogen-bond donors (Lipinski definition) is 1. The third kappa shape index (κ3) is 4.29. The van der Waals surface area contributed by atoms with Crippen LogP contribution in [-0.2, 0) is 6.42 Å². The highest BCUT2D eigenvalue weighted by atomic mass is 79.9. The number of hydrogen-bond acceptors (Lipinski definition) is 2. The van der Waals surface area contributed by atoms with Crippen molar-refractivity contribution >= 4 is 15.9 Å². The molecule has 1 fully saturated rings. The Morgan fingerprint density at radius 2 is 1.90 bits per heavy atom. The van der Waals surface area contributed by atoms with E-state index in [0.717, 1.165) is 35.2 Å². The van der Waals surface area contributed by atoms with Crippen LogP contribution in [0.2, 0.25) is 0 Å². The third-order valence-corrected chi connectivity index (χ3v) is 5.18.